The SMILES string of the molecule is C[C@H](NC(=O)N1CCC2(CCO2)CC1)c1ccc(-c2ccccc2)cc1. The van der Waals surface area contributed by atoms with Gasteiger partial charge in [-0.1, -0.05) is 54.6 Å². The van der Waals surface area contributed by atoms with Gasteiger partial charge in [0.25, 0.3) is 0 Å². The van der Waals surface area contributed by atoms with Gasteiger partial charge in [-0.2, -0.15) is 0 Å². The number of amides is 2. The van der Waals surface area contributed by atoms with Crippen molar-refractivity contribution < 1.29 is 9.53 Å². The number of hydrogen-bond donors (Lipinski definition) is 1. The first kappa shape index (κ1) is 17.1. The van der Waals surface area contributed by atoms with Gasteiger partial charge in [0.05, 0.1) is 18.2 Å². The molecule has 2 aliphatic heterocycles. The van der Waals surface area contributed by atoms with Crippen LogP contribution in [0.2, 0.25) is 0 Å². The number of ether oxygens (including phenoxy) is 1. The summed E-state index contributed by atoms with van der Waals surface area (Å²) in [7, 11) is 0. The molecule has 26 heavy (non-hydrogen) atoms. The molecule has 4 heteroatoms. The summed E-state index contributed by atoms with van der Waals surface area (Å²) in [4.78, 5) is 14.5. The van der Waals surface area contributed by atoms with E-state index in [9.17, 15) is 4.79 Å². The highest BCUT2D eigenvalue weighted by Crippen LogP contribution is 2.36. The Morgan fingerprint density at radius 3 is 2.19 bits per heavy atom. The van der Waals surface area contributed by atoms with Gasteiger partial charge in [-0.05, 0) is 42.9 Å². The minimum Gasteiger partial charge on any atom is -0.375 e. The maximum Gasteiger partial charge on any atom is 0.317 e. The fourth-order valence-corrected chi connectivity index (χ4v) is 3.86. The van der Waals surface area contributed by atoms with Crippen LogP contribution < -0.4 is 5.32 Å². The highest BCUT2D eigenvalue weighted by atomic mass is 16.5. The van der Waals surface area contributed by atoms with Crippen LogP contribution in [0.15, 0.2) is 54.6 Å². The lowest BCUT2D eigenvalue weighted by Crippen LogP contribution is -2.55. The van der Waals surface area contributed by atoms with Crippen LogP contribution in [0.4, 0.5) is 4.79 Å². The number of carbonyl (C=O) groups excluding carboxylic acids is 1. The van der Waals surface area contributed by atoms with Crippen molar-refractivity contribution in [1.82, 2.24) is 10.2 Å². The van der Waals surface area contributed by atoms with Crippen molar-refractivity contribution in [3.05, 3.63) is 60.2 Å². The third-order valence-electron chi connectivity index (χ3n) is 5.79. The van der Waals surface area contributed by atoms with Gasteiger partial charge in [-0.15, -0.1) is 0 Å². The number of hydrogen-bond acceptors (Lipinski definition) is 2. The molecule has 4 rings (SSSR count). The van der Waals surface area contributed by atoms with E-state index < -0.39 is 0 Å². The molecular formula is C22H26N2O2. The van der Waals surface area contributed by atoms with Crippen LogP contribution in [-0.2, 0) is 4.74 Å². The van der Waals surface area contributed by atoms with Crippen molar-refractivity contribution in [1.29, 1.82) is 0 Å². The normalized spacial score (nSPS) is 19.7. The number of nitrogens with one attached hydrogen (secondary N) is 1. The Kier molecular flexibility index (Phi) is 4.68. The van der Waals surface area contributed by atoms with Crippen LogP contribution in [0.5, 0.6) is 0 Å². The Bertz CT molecular complexity index is 743. The van der Waals surface area contributed by atoms with Crippen molar-refractivity contribution in [2.24, 2.45) is 0 Å². The summed E-state index contributed by atoms with van der Waals surface area (Å²) in [5.41, 5.74) is 3.59. The summed E-state index contributed by atoms with van der Waals surface area (Å²) in [5.74, 6) is 0. The average molecular weight is 350 g/mol. The molecule has 4 nitrogen and oxygen atoms in total. The molecule has 2 heterocycles. The Balaban J connectivity index is 1.34. The number of likely N-dealkylation sites (tertiary alicyclic amines) is 1. The second-order valence-corrected chi connectivity index (χ2v) is 7.43. The Hall–Kier alpha value is -2.33. The predicted octanol–water partition coefficient (Wildman–Crippen LogP) is 4.38. The average Bonchev–Trinajstić information content (AvgIpc) is 2.67. The van der Waals surface area contributed by atoms with Gasteiger partial charge in [0.1, 0.15) is 0 Å². The molecule has 0 aromatic heterocycles. The zero-order valence-corrected chi connectivity index (χ0v) is 15.3. The van der Waals surface area contributed by atoms with Gasteiger partial charge in [0.15, 0.2) is 0 Å². The monoisotopic (exact) mass is 350 g/mol. The smallest absolute Gasteiger partial charge is 0.317 e. The molecule has 2 fully saturated rings. The summed E-state index contributed by atoms with van der Waals surface area (Å²) in [6, 6.07) is 18.8. The van der Waals surface area contributed by atoms with E-state index in [0.29, 0.717) is 0 Å². The molecule has 1 spiro atoms. The molecule has 0 unspecified atom stereocenters. The van der Waals surface area contributed by atoms with Crippen molar-refractivity contribution in [2.45, 2.75) is 37.8 Å². The van der Waals surface area contributed by atoms with Gasteiger partial charge in [-0.3, -0.25) is 0 Å². The minimum atomic E-state index is -0.0110. The van der Waals surface area contributed by atoms with Crippen molar-refractivity contribution in [3.8, 4) is 11.1 Å². The van der Waals surface area contributed by atoms with E-state index in [1.807, 2.05) is 30.0 Å². The minimum absolute atomic E-state index is 0.0110. The number of urea groups is 1. The van der Waals surface area contributed by atoms with E-state index >= 15 is 0 Å². The highest BCUT2D eigenvalue weighted by molar-refractivity contribution is 5.75. The van der Waals surface area contributed by atoms with Crippen LogP contribution in [0.1, 0.15) is 37.8 Å². The molecule has 2 amide bonds. The van der Waals surface area contributed by atoms with Crippen LogP contribution in [0.3, 0.4) is 0 Å². The highest BCUT2D eigenvalue weighted by Gasteiger charge is 2.42. The van der Waals surface area contributed by atoms with E-state index in [1.54, 1.807) is 0 Å². The fraction of sp³-hybridized carbons (Fsp3) is 0.409. The maximum absolute atomic E-state index is 12.6. The lowest BCUT2D eigenvalue weighted by molar-refractivity contribution is -0.169. The van der Waals surface area contributed by atoms with E-state index in [4.69, 9.17) is 4.74 Å². The van der Waals surface area contributed by atoms with Crippen LogP contribution in [0.25, 0.3) is 11.1 Å². The third kappa shape index (κ3) is 3.47. The topological polar surface area (TPSA) is 41.6 Å². The van der Waals surface area contributed by atoms with Gasteiger partial charge in [0.2, 0.25) is 0 Å². The zero-order valence-electron chi connectivity index (χ0n) is 15.3. The van der Waals surface area contributed by atoms with Crippen molar-refractivity contribution >= 4 is 6.03 Å². The third-order valence-corrected chi connectivity index (χ3v) is 5.79. The molecule has 2 aromatic carbocycles. The predicted molar refractivity (Wildman–Crippen MR) is 103 cm³/mol. The Morgan fingerprint density at radius 2 is 1.62 bits per heavy atom. The van der Waals surface area contributed by atoms with E-state index in [1.165, 1.54) is 11.1 Å². The van der Waals surface area contributed by atoms with E-state index in [2.05, 4.69) is 41.7 Å². The first-order chi connectivity index (χ1) is 12.7. The quantitative estimate of drug-likeness (QED) is 0.892. The van der Waals surface area contributed by atoms with Gasteiger partial charge < -0.3 is 15.0 Å². The zero-order chi connectivity index (χ0) is 18.0. The molecule has 1 atom stereocenters. The van der Waals surface area contributed by atoms with Gasteiger partial charge >= 0.3 is 6.03 Å². The molecule has 2 saturated heterocycles. The second kappa shape index (κ2) is 7.12. The molecule has 136 valence electrons. The molecule has 0 radical (unpaired) electrons. The number of benzene rings is 2. The van der Waals surface area contributed by atoms with Gasteiger partial charge in [-0.25, -0.2) is 4.79 Å². The van der Waals surface area contributed by atoms with Gasteiger partial charge in [0, 0.05) is 13.1 Å². The van der Waals surface area contributed by atoms with Crippen molar-refractivity contribution in [2.75, 3.05) is 19.7 Å². The summed E-state index contributed by atoms with van der Waals surface area (Å²) in [6.45, 7) is 4.48. The molecular weight excluding hydrogens is 324 g/mol. The lowest BCUT2D eigenvalue weighted by Gasteiger charge is -2.47. The summed E-state index contributed by atoms with van der Waals surface area (Å²) < 4.78 is 5.73. The number of rotatable bonds is 3. The van der Waals surface area contributed by atoms with E-state index in [-0.39, 0.29) is 17.7 Å². The number of piperidine rings is 1. The first-order valence-electron chi connectivity index (χ1n) is 9.50. The fourth-order valence-electron chi connectivity index (χ4n) is 3.86. The Morgan fingerprint density at radius 1 is 1.00 bits per heavy atom. The molecule has 0 saturated carbocycles. The largest absolute Gasteiger partial charge is 0.375 e. The molecule has 0 bridgehead atoms. The second-order valence-electron chi connectivity index (χ2n) is 7.43. The number of carbonyl (C=O) groups is 1. The summed E-state index contributed by atoms with van der Waals surface area (Å²) in [5, 5.41) is 3.13. The molecule has 2 aromatic rings. The molecule has 2 aliphatic rings. The number of nitrogens with zero attached hydrogens (tertiary/aromatic N) is 1. The summed E-state index contributed by atoms with van der Waals surface area (Å²) >= 11 is 0. The van der Waals surface area contributed by atoms with Crippen LogP contribution in [-0.4, -0.2) is 36.2 Å². The van der Waals surface area contributed by atoms with Crippen molar-refractivity contribution in [3.63, 3.8) is 0 Å². The maximum atomic E-state index is 12.6. The standard InChI is InChI=1S/C22H26N2O2/c1-17(18-7-9-20(10-8-18)19-5-3-2-4-6-19)23-21(25)24-14-11-22(12-15-24)13-16-26-22/h2-10,17H,11-16H2,1H3,(H,23,25)/t17-/m0/s1. The van der Waals surface area contributed by atoms with Crippen LogP contribution >= 0.6 is 0 Å². The molecule has 1 N–H and O–H groups in total. The Labute approximate surface area is 155 Å². The van der Waals surface area contributed by atoms with Crippen LogP contribution in [0, 0.1) is 0 Å². The summed E-state index contributed by atoms with van der Waals surface area (Å²) in [6.07, 6.45) is 3.06. The first-order valence-corrected chi connectivity index (χ1v) is 9.50. The lowest BCUT2D eigenvalue weighted by atomic mass is 9.84. The van der Waals surface area contributed by atoms with E-state index in [0.717, 1.165) is 44.5 Å². The molecule has 0 aliphatic carbocycles.